The minimum atomic E-state index is -0.109. The van der Waals surface area contributed by atoms with E-state index in [1.54, 1.807) is 0 Å². The van der Waals surface area contributed by atoms with Crippen LogP contribution in [-0.4, -0.2) is 0 Å². The molecule has 3 atom stereocenters. The maximum atomic E-state index is 6.76. The van der Waals surface area contributed by atoms with Gasteiger partial charge in [-0.2, -0.15) is 0 Å². The molecular weight excluding hydrogens is 206 g/mol. The van der Waals surface area contributed by atoms with Crippen molar-refractivity contribution < 1.29 is 0 Å². The molecule has 0 bridgehead atoms. The summed E-state index contributed by atoms with van der Waals surface area (Å²) >= 11 is 0. The van der Waals surface area contributed by atoms with Crippen molar-refractivity contribution >= 4 is 0 Å². The van der Waals surface area contributed by atoms with Crippen molar-refractivity contribution in [3.63, 3.8) is 0 Å². The van der Waals surface area contributed by atoms with Crippen LogP contribution < -0.4 is 5.73 Å². The summed E-state index contributed by atoms with van der Waals surface area (Å²) in [5.41, 5.74) is 10.7. The van der Waals surface area contributed by atoms with E-state index >= 15 is 0 Å². The molecule has 1 aromatic rings. The first kappa shape index (κ1) is 12.6. The summed E-state index contributed by atoms with van der Waals surface area (Å²) in [7, 11) is 0. The molecule has 17 heavy (non-hydrogen) atoms. The van der Waals surface area contributed by atoms with Gasteiger partial charge in [0.2, 0.25) is 0 Å². The fraction of sp³-hybridized carbons (Fsp3) is 0.625. The van der Waals surface area contributed by atoms with Crippen LogP contribution in [0.25, 0.3) is 0 Å². The van der Waals surface area contributed by atoms with Crippen LogP contribution in [0.4, 0.5) is 0 Å². The molecule has 0 amide bonds. The van der Waals surface area contributed by atoms with Crippen LogP contribution in [0.3, 0.4) is 0 Å². The Morgan fingerprint density at radius 1 is 1.24 bits per heavy atom. The summed E-state index contributed by atoms with van der Waals surface area (Å²) in [4.78, 5) is 0. The van der Waals surface area contributed by atoms with Gasteiger partial charge < -0.3 is 5.73 Å². The minimum absolute atomic E-state index is 0.109. The fourth-order valence-electron chi connectivity index (χ4n) is 3.30. The van der Waals surface area contributed by atoms with Gasteiger partial charge in [0.15, 0.2) is 0 Å². The summed E-state index contributed by atoms with van der Waals surface area (Å²) in [5, 5.41) is 0. The van der Waals surface area contributed by atoms with Crippen molar-refractivity contribution in [3.8, 4) is 0 Å². The van der Waals surface area contributed by atoms with Gasteiger partial charge in [-0.1, -0.05) is 37.6 Å². The molecule has 0 heterocycles. The third kappa shape index (κ3) is 2.26. The zero-order valence-corrected chi connectivity index (χ0v) is 11.6. The van der Waals surface area contributed by atoms with Crippen LogP contribution >= 0.6 is 0 Å². The van der Waals surface area contributed by atoms with E-state index in [0.717, 1.165) is 12.3 Å². The van der Waals surface area contributed by atoms with Crippen molar-refractivity contribution in [2.45, 2.75) is 52.5 Å². The highest BCUT2D eigenvalue weighted by Gasteiger charge is 2.38. The minimum Gasteiger partial charge on any atom is -0.321 e. The van der Waals surface area contributed by atoms with Crippen molar-refractivity contribution in [1.29, 1.82) is 0 Å². The molecule has 0 saturated heterocycles. The zero-order chi connectivity index (χ0) is 12.6. The van der Waals surface area contributed by atoms with Gasteiger partial charge in [-0.15, -0.1) is 0 Å². The number of hydrogen-bond donors (Lipinski definition) is 1. The molecule has 1 heteroatoms. The summed E-state index contributed by atoms with van der Waals surface area (Å²) in [5.74, 6) is 1.40. The smallest absolute Gasteiger partial charge is 0.0438 e. The highest BCUT2D eigenvalue weighted by molar-refractivity contribution is 5.37. The predicted octanol–water partition coefficient (Wildman–Crippen LogP) is 3.91. The van der Waals surface area contributed by atoms with Gasteiger partial charge in [0.05, 0.1) is 0 Å². The highest BCUT2D eigenvalue weighted by atomic mass is 14.8. The quantitative estimate of drug-likeness (QED) is 0.779. The van der Waals surface area contributed by atoms with Gasteiger partial charge in [0, 0.05) is 5.54 Å². The number of nitrogens with two attached hydrogens (primary N) is 1. The Bertz CT molecular complexity index is 410. The van der Waals surface area contributed by atoms with E-state index in [1.165, 1.54) is 29.5 Å². The Morgan fingerprint density at radius 3 is 2.59 bits per heavy atom. The Labute approximate surface area is 105 Å². The van der Waals surface area contributed by atoms with Crippen LogP contribution in [0, 0.1) is 25.7 Å². The van der Waals surface area contributed by atoms with E-state index in [1.807, 2.05) is 0 Å². The number of hydrogen-bond acceptors (Lipinski definition) is 1. The molecular formula is C16H25N. The van der Waals surface area contributed by atoms with Crippen molar-refractivity contribution in [2.24, 2.45) is 17.6 Å². The fourth-order valence-corrected chi connectivity index (χ4v) is 3.30. The molecule has 2 N–H and O–H groups in total. The first-order valence-electron chi connectivity index (χ1n) is 6.80. The maximum Gasteiger partial charge on any atom is 0.0438 e. The summed E-state index contributed by atoms with van der Waals surface area (Å²) < 4.78 is 0. The SMILES string of the molecule is Cc1ccc(C)c(C2(N)CCC(C)CC2C)c1. The molecule has 1 aliphatic carbocycles. The van der Waals surface area contributed by atoms with Crippen molar-refractivity contribution in [2.75, 3.05) is 0 Å². The summed E-state index contributed by atoms with van der Waals surface area (Å²) in [6.07, 6.45) is 3.64. The van der Waals surface area contributed by atoms with E-state index in [2.05, 4.69) is 45.9 Å². The Balaban J connectivity index is 2.40. The van der Waals surface area contributed by atoms with Crippen molar-refractivity contribution in [1.82, 2.24) is 0 Å². The zero-order valence-electron chi connectivity index (χ0n) is 11.6. The number of benzene rings is 1. The Kier molecular flexibility index (Phi) is 3.31. The Morgan fingerprint density at radius 2 is 1.94 bits per heavy atom. The van der Waals surface area contributed by atoms with Crippen LogP contribution in [0.5, 0.6) is 0 Å². The lowest BCUT2D eigenvalue weighted by Crippen LogP contribution is -2.47. The third-order valence-corrected chi connectivity index (χ3v) is 4.58. The van der Waals surface area contributed by atoms with E-state index in [4.69, 9.17) is 5.73 Å². The lowest BCUT2D eigenvalue weighted by molar-refractivity contribution is 0.164. The van der Waals surface area contributed by atoms with Gasteiger partial charge in [-0.3, -0.25) is 0 Å². The largest absolute Gasteiger partial charge is 0.321 e. The van der Waals surface area contributed by atoms with Crippen LogP contribution in [0.2, 0.25) is 0 Å². The van der Waals surface area contributed by atoms with Crippen LogP contribution in [0.1, 0.15) is 49.8 Å². The molecule has 1 nitrogen and oxygen atoms in total. The second kappa shape index (κ2) is 4.45. The second-order valence-corrected chi connectivity index (χ2v) is 6.14. The maximum absolute atomic E-state index is 6.76. The van der Waals surface area contributed by atoms with Gasteiger partial charge >= 0.3 is 0 Å². The molecule has 94 valence electrons. The third-order valence-electron chi connectivity index (χ3n) is 4.58. The number of rotatable bonds is 1. The first-order chi connectivity index (χ1) is 7.93. The molecule has 0 aromatic heterocycles. The average Bonchev–Trinajstić information content (AvgIpc) is 2.27. The van der Waals surface area contributed by atoms with Crippen LogP contribution in [0.15, 0.2) is 18.2 Å². The summed E-state index contributed by atoms with van der Waals surface area (Å²) in [6, 6.07) is 6.68. The van der Waals surface area contributed by atoms with Crippen LogP contribution in [-0.2, 0) is 5.54 Å². The lowest BCUT2D eigenvalue weighted by atomic mass is 9.66. The van der Waals surface area contributed by atoms with Gasteiger partial charge in [0.1, 0.15) is 0 Å². The monoisotopic (exact) mass is 231 g/mol. The second-order valence-electron chi connectivity index (χ2n) is 6.14. The van der Waals surface area contributed by atoms with Crippen molar-refractivity contribution in [3.05, 3.63) is 34.9 Å². The molecule has 1 aliphatic rings. The number of aryl methyl sites for hydroxylation is 2. The summed E-state index contributed by atoms with van der Waals surface area (Å²) in [6.45, 7) is 9.01. The molecule has 1 fully saturated rings. The standard InChI is InChI=1S/C16H25N/c1-11-5-6-13(3)15(10-11)16(17)8-7-12(2)9-14(16)4/h5-6,10,12,14H,7-9,17H2,1-4H3. The molecule has 0 aliphatic heterocycles. The molecule has 0 radical (unpaired) electrons. The molecule has 1 saturated carbocycles. The van der Waals surface area contributed by atoms with E-state index in [9.17, 15) is 0 Å². The van der Waals surface area contributed by atoms with Gasteiger partial charge in [-0.25, -0.2) is 0 Å². The van der Waals surface area contributed by atoms with Gasteiger partial charge in [0.25, 0.3) is 0 Å². The van der Waals surface area contributed by atoms with Gasteiger partial charge in [-0.05, 0) is 56.1 Å². The molecule has 3 unspecified atom stereocenters. The first-order valence-corrected chi connectivity index (χ1v) is 6.80. The van der Waals surface area contributed by atoms with E-state index in [-0.39, 0.29) is 5.54 Å². The average molecular weight is 231 g/mol. The predicted molar refractivity (Wildman–Crippen MR) is 74.0 cm³/mol. The highest BCUT2D eigenvalue weighted by Crippen LogP contribution is 2.42. The van der Waals surface area contributed by atoms with E-state index < -0.39 is 0 Å². The topological polar surface area (TPSA) is 26.0 Å². The Hall–Kier alpha value is -0.820. The molecule has 2 rings (SSSR count). The molecule has 0 spiro atoms. The lowest BCUT2D eigenvalue weighted by Gasteiger charge is -2.43. The normalized spacial score (nSPS) is 33.7. The van der Waals surface area contributed by atoms with E-state index in [0.29, 0.717) is 5.92 Å². The molecule has 1 aromatic carbocycles.